The van der Waals surface area contributed by atoms with Crippen molar-refractivity contribution in [1.82, 2.24) is 35.9 Å². The second-order valence-corrected chi connectivity index (χ2v) is 19.9. The van der Waals surface area contributed by atoms with Crippen molar-refractivity contribution < 1.29 is 43.6 Å². The Labute approximate surface area is 394 Å². The number of benzene rings is 6. The Morgan fingerprint density at radius 3 is 1.51 bits per heavy atom. The molecule has 0 aliphatic carbocycles. The van der Waals surface area contributed by atoms with Crippen molar-refractivity contribution in [2.45, 2.75) is 14.7 Å². The third-order valence-electron chi connectivity index (χ3n) is 9.41. The molecule has 6 aromatic carbocycles. The fraction of sp³-hybridized carbons (Fsp3) is 0.0238. The number of nitrogens with one attached hydrogen (secondary N) is 7. The Balaban J connectivity index is 0.000000151. The minimum absolute atomic E-state index is 0.0530. The maximum Gasteiger partial charge on any atom is 0.272 e. The van der Waals surface area contributed by atoms with Gasteiger partial charge in [0.15, 0.2) is 11.4 Å². The first-order valence-corrected chi connectivity index (χ1v) is 24.4. The van der Waals surface area contributed by atoms with Crippen LogP contribution in [0.15, 0.2) is 142 Å². The molecule has 26 heteroatoms. The van der Waals surface area contributed by atoms with Crippen molar-refractivity contribution in [3.05, 3.63) is 161 Å². The SMILES string of the molecule is CNC(=O)c1n[nH]c2ccc(S(=O)(=O)Nc3cccc(F)c3)cc12.NC(=O)c1n[nH]c2ccc(S(=O)(=O)Nc3cccc(F)c3)cc12.O=S(=O)(Nc1ccc(Cl)c(Cl)c1)c1ccc2[nH]ncc2c1. The molecule has 0 spiro atoms. The molecule has 0 atom stereocenters. The van der Waals surface area contributed by atoms with Gasteiger partial charge in [0.1, 0.15) is 11.6 Å². The van der Waals surface area contributed by atoms with E-state index in [-0.39, 0.29) is 42.5 Å². The van der Waals surface area contributed by atoms with E-state index < -0.39 is 53.5 Å². The number of H-pyrrole nitrogens is 3. The first-order chi connectivity index (χ1) is 32.2. The minimum atomic E-state index is -3.95. The molecule has 9 N–H and O–H groups in total. The number of halogens is 4. The third-order valence-corrected chi connectivity index (χ3v) is 14.3. The topological polar surface area (TPSA) is 297 Å². The molecule has 0 saturated heterocycles. The lowest BCUT2D eigenvalue weighted by Gasteiger charge is -2.09. The summed E-state index contributed by atoms with van der Waals surface area (Å²) in [6, 6.07) is 27.7. The van der Waals surface area contributed by atoms with Gasteiger partial charge in [-0.2, -0.15) is 15.3 Å². The van der Waals surface area contributed by atoms with Gasteiger partial charge in [0.05, 0.1) is 64.5 Å². The number of nitrogens with zero attached hydrogens (tertiary/aromatic N) is 3. The van der Waals surface area contributed by atoms with Crippen LogP contribution in [0.1, 0.15) is 21.0 Å². The van der Waals surface area contributed by atoms with E-state index >= 15 is 0 Å². The van der Waals surface area contributed by atoms with Crippen molar-refractivity contribution in [2.24, 2.45) is 5.73 Å². The lowest BCUT2D eigenvalue weighted by molar-refractivity contribution is 0.0958. The van der Waals surface area contributed by atoms with Gasteiger partial charge >= 0.3 is 0 Å². The molecule has 0 radical (unpaired) electrons. The van der Waals surface area contributed by atoms with Gasteiger partial charge in [-0.1, -0.05) is 35.3 Å². The molecular formula is C42H33Cl2F2N11O8S3. The summed E-state index contributed by atoms with van der Waals surface area (Å²) in [4.78, 5) is 23.1. The fourth-order valence-electron chi connectivity index (χ4n) is 6.19. The molecule has 0 saturated carbocycles. The highest BCUT2D eigenvalue weighted by Crippen LogP contribution is 2.28. The Morgan fingerprint density at radius 2 is 1.03 bits per heavy atom. The van der Waals surface area contributed by atoms with E-state index in [9.17, 15) is 43.6 Å². The van der Waals surface area contributed by atoms with E-state index in [4.69, 9.17) is 28.9 Å². The van der Waals surface area contributed by atoms with Gasteiger partial charge in [-0.25, -0.2) is 34.0 Å². The molecule has 0 aliphatic heterocycles. The molecule has 0 bridgehead atoms. The van der Waals surface area contributed by atoms with Crippen molar-refractivity contribution in [3.8, 4) is 0 Å². The van der Waals surface area contributed by atoms with Gasteiger partial charge in [0.2, 0.25) is 0 Å². The van der Waals surface area contributed by atoms with Gasteiger partial charge in [-0.3, -0.25) is 39.1 Å². The standard InChI is InChI=1S/C15H13FN4O3S.C14H11FN4O3S.C13H9Cl2N3O2S/c1-17-15(21)14-12-8-11(5-6-13(12)18-19-14)24(22,23)20-10-4-2-3-9(16)7-10;15-8-2-1-3-9(6-8)19-23(21,22)10-4-5-12-11(7-10)13(14(16)20)18-17-12;14-11-3-1-9(6-12(11)15)18-21(19,20)10-2-4-13-8(5-10)7-16-17-13/h2-8,20H,1H3,(H,17,21)(H,18,19);1-7,19H,(H2,16,20)(H,17,18);1-7,18H,(H,16,17). The van der Waals surface area contributed by atoms with Crippen LogP contribution < -0.4 is 25.2 Å². The highest BCUT2D eigenvalue weighted by atomic mass is 35.5. The highest BCUT2D eigenvalue weighted by molar-refractivity contribution is 7.93. The molecule has 68 heavy (non-hydrogen) atoms. The Kier molecular flexibility index (Phi) is 14.0. The summed E-state index contributed by atoms with van der Waals surface area (Å²) in [6.07, 6.45) is 1.56. The Bertz CT molecular complexity index is 3740. The number of aromatic nitrogens is 6. The Hall–Kier alpha value is -7.64. The smallest absolute Gasteiger partial charge is 0.272 e. The maximum absolute atomic E-state index is 13.2. The highest BCUT2D eigenvalue weighted by Gasteiger charge is 2.21. The number of hydrogen-bond acceptors (Lipinski definition) is 11. The first-order valence-electron chi connectivity index (χ1n) is 19.2. The van der Waals surface area contributed by atoms with Gasteiger partial charge in [-0.05, 0) is 109 Å². The Morgan fingerprint density at radius 1 is 0.559 bits per heavy atom. The molecule has 19 nitrogen and oxygen atoms in total. The summed E-state index contributed by atoms with van der Waals surface area (Å²) in [5.41, 5.74) is 7.54. The van der Waals surface area contributed by atoms with Gasteiger partial charge in [0, 0.05) is 23.2 Å². The van der Waals surface area contributed by atoms with E-state index in [1.807, 2.05) is 0 Å². The van der Waals surface area contributed by atoms with E-state index in [1.54, 1.807) is 24.4 Å². The molecule has 9 aromatic rings. The predicted molar refractivity (Wildman–Crippen MR) is 252 cm³/mol. The fourth-order valence-corrected chi connectivity index (χ4v) is 9.73. The average molecular weight is 1020 g/mol. The summed E-state index contributed by atoms with van der Waals surface area (Å²) < 4.78 is 108. The van der Waals surface area contributed by atoms with Crippen LogP contribution in [0.2, 0.25) is 10.0 Å². The number of carbonyl (C=O) groups is 2. The summed E-state index contributed by atoms with van der Waals surface area (Å²) in [5, 5.41) is 24.0. The zero-order valence-corrected chi connectivity index (χ0v) is 38.5. The number of anilines is 3. The van der Waals surface area contributed by atoms with Crippen LogP contribution in [0.5, 0.6) is 0 Å². The van der Waals surface area contributed by atoms with Crippen LogP contribution in [0.25, 0.3) is 32.7 Å². The lowest BCUT2D eigenvalue weighted by atomic mass is 10.2. The van der Waals surface area contributed by atoms with Crippen LogP contribution in [-0.4, -0.2) is 74.7 Å². The summed E-state index contributed by atoms with van der Waals surface area (Å²) >= 11 is 11.7. The normalized spacial score (nSPS) is 11.5. The van der Waals surface area contributed by atoms with E-state index in [0.717, 1.165) is 17.6 Å². The van der Waals surface area contributed by atoms with Crippen LogP contribution >= 0.6 is 23.2 Å². The van der Waals surface area contributed by atoms with Crippen LogP contribution in [0.3, 0.4) is 0 Å². The zero-order chi connectivity index (χ0) is 49.0. The van der Waals surface area contributed by atoms with Gasteiger partial charge in [-0.15, -0.1) is 0 Å². The number of nitrogens with two attached hydrogens (primary N) is 1. The number of hydrogen-bond donors (Lipinski definition) is 8. The first kappa shape index (κ1) is 48.3. The summed E-state index contributed by atoms with van der Waals surface area (Å²) in [7, 11) is -10.1. The molecule has 350 valence electrons. The van der Waals surface area contributed by atoms with Gasteiger partial charge in [0.25, 0.3) is 41.9 Å². The number of sulfonamides is 3. The third kappa shape index (κ3) is 11.1. The van der Waals surface area contributed by atoms with Crippen LogP contribution in [-0.2, 0) is 30.1 Å². The second kappa shape index (κ2) is 19.7. The molecule has 9 rings (SSSR count). The zero-order valence-electron chi connectivity index (χ0n) is 34.5. The molecule has 2 amide bonds. The minimum Gasteiger partial charge on any atom is -0.364 e. The van der Waals surface area contributed by atoms with E-state index in [2.05, 4.69) is 50.1 Å². The molecular weight excluding hydrogens is 992 g/mol. The largest absolute Gasteiger partial charge is 0.364 e. The molecule has 0 unspecified atom stereocenters. The number of amides is 2. The van der Waals surface area contributed by atoms with Crippen LogP contribution in [0.4, 0.5) is 25.8 Å². The number of primary amides is 1. The number of fused-ring (bicyclic) bond motifs is 3. The molecule has 0 aliphatic rings. The van der Waals surface area contributed by atoms with Crippen molar-refractivity contribution in [1.29, 1.82) is 0 Å². The average Bonchev–Trinajstić information content (AvgIpc) is 4.06. The van der Waals surface area contributed by atoms with Crippen molar-refractivity contribution in [3.63, 3.8) is 0 Å². The lowest BCUT2D eigenvalue weighted by Crippen LogP contribution is -2.18. The van der Waals surface area contributed by atoms with Crippen molar-refractivity contribution >= 4 is 115 Å². The summed E-state index contributed by atoms with van der Waals surface area (Å²) in [5.74, 6) is -2.33. The molecule has 0 fully saturated rings. The second-order valence-electron chi connectivity index (χ2n) is 14.1. The predicted octanol–water partition coefficient (Wildman–Crippen LogP) is 7.13. The number of rotatable bonds is 11. The van der Waals surface area contributed by atoms with Crippen molar-refractivity contribution in [2.75, 3.05) is 21.2 Å². The summed E-state index contributed by atoms with van der Waals surface area (Å²) in [6.45, 7) is 0. The molecule has 3 heterocycles. The van der Waals surface area contributed by atoms with Gasteiger partial charge < -0.3 is 11.1 Å². The van der Waals surface area contributed by atoms with E-state index in [0.29, 0.717) is 37.9 Å². The quantitative estimate of drug-likeness (QED) is 0.0644. The van der Waals surface area contributed by atoms with E-state index in [1.165, 1.54) is 98.0 Å². The molecule has 3 aromatic heterocycles. The maximum atomic E-state index is 13.2. The number of carbonyl (C=O) groups excluding carboxylic acids is 2. The number of aromatic amines is 3. The van der Waals surface area contributed by atoms with Crippen LogP contribution in [0, 0.1) is 11.6 Å². The monoisotopic (exact) mass is 1020 g/mol.